The van der Waals surface area contributed by atoms with Gasteiger partial charge in [-0.1, -0.05) is 41.5 Å². The predicted molar refractivity (Wildman–Crippen MR) is 59.6 cm³/mol. The molecule has 1 fully saturated rings. The van der Waals surface area contributed by atoms with Crippen molar-refractivity contribution >= 4 is 0 Å². The average molecular weight is 216 g/mol. The van der Waals surface area contributed by atoms with Crippen LogP contribution >= 0.6 is 0 Å². The molecule has 0 saturated carbocycles. The van der Waals surface area contributed by atoms with Gasteiger partial charge in [-0.15, -0.1) is 0 Å². The Labute approximate surface area is 92.4 Å². The maximum absolute atomic E-state index is 9.95. The van der Waals surface area contributed by atoms with Crippen LogP contribution in [0.5, 0.6) is 0 Å². The molecule has 3 nitrogen and oxygen atoms in total. The molecule has 1 aliphatic rings. The summed E-state index contributed by atoms with van der Waals surface area (Å²) in [5.74, 6) is 0. The third-order valence-corrected chi connectivity index (χ3v) is 2.97. The van der Waals surface area contributed by atoms with E-state index in [2.05, 4.69) is 0 Å². The first kappa shape index (κ1) is 12.9. The minimum absolute atomic E-state index is 0.152. The highest BCUT2D eigenvalue weighted by Crippen LogP contribution is 2.40. The third-order valence-electron chi connectivity index (χ3n) is 2.97. The molecule has 0 radical (unpaired) electrons. The van der Waals surface area contributed by atoms with Gasteiger partial charge in [0.15, 0.2) is 0 Å². The molecule has 1 heterocycles. The Hall–Kier alpha value is -0.120. The van der Waals surface area contributed by atoms with Gasteiger partial charge in [0.05, 0.1) is 12.2 Å². The number of aliphatic hydroxyl groups is 2. The number of ether oxygens (including phenoxy) is 1. The van der Waals surface area contributed by atoms with Crippen LogP contribution in [0.15, 0.2) is 0 Å². The van der Waals surface area contributed by atoms with Crippen molar-refractivity contribution in [3.8, 4) is 0 Å². The Morgan fingerprint density at radius 1 is 0.733 bits per heavy atom. The van der Waals surface area contributed by atoms with Gasteiger partial charge in [-0.05, 0) is 10.8 Å². The molecule has 4 unspecified atom stereocenters. The molecule has 1 rings (SSSR count). The van der Waals surface area contributed by atoms with E-state index >= 15 is 0 Å². The van der Waals surface area contributed by atoms with E-state index in [1.807, 2.05) is 41.5 Å². The van der Waals surface area contributed by atoms with E-state index in [0.717, 1.165) is 0 Å². The molecule has 4 atom stereocenters. The van der Waals surface area contributed by atoms with Crippen molar-refractivity contribution in [1.82, 2.24) is 0 Å². The maximum Gasteiger partial charge on any atom is 0.109 e. The lowest BCUT2D eigenvalue weighted by Gasteiger charge is -2.31. The fourth-order valence-electron chi connectivity index (χ4n) is 2.11. The lowest BCUT2D eigenvalue weighted by Crippen LogP contribution is -2.40. The van der Waals surface area contributed by atoms with E-state index in [1.165, 1.54) is 0 Å². The number of aliphatic hydroxyl groups excluding tert-OH is 2. The summed E-state index contributed by atoms with van der Waals surface area (Å²) < 4.78 is 5.81. The van der Waals surface area contributed by atoms with Crippen LogP contribution < -0.4 is 0 Å². The van der Waals surface area contributed by atoms with Crippen molar-refractivity contribution in [3.05, 3.63) is 0 Å². The monoisotopic (exact) mass is 216 g/mol. The molecule has 1 aliphatic heterocycles. The lowest BCUT2D eigenvalue weighted by atomic mass is 9.82. The van der Waals surface area contributed by atoms with Crippen molar-refractivity contribution in [3.63, 3.8) is 0 Å². The van der Waals surface area contributed by atoms with E-state index in [9.17, 15) is 10.2 Å². The van der Waals surface area contributed by atoms with Gasteiger partial charge in [0, 0.05) is 0 Å². The molecule has 0 amide bonds. The standard InChI is InChI=1S/C12H24O3/c1-11(2,3)9-7(13)8(14)10(15-9)12(4,5)6/h7-10,13-14H,1-6H3. The van der Waals surface area contributed by atoms with Crippen molar-refractivity contribution in [2.75, 3.05) is 0 Å². The van der Waals surface area contributed by atoms with Gasteiger partial charge < -0.3 is 14.9 Å². The van der Waals surface area contributed by atoms with Crippen molar-refractivity contribution in [2.24, 2.45) is 10.8 Å². The molecule has 15 heavy (non-hydrogen) atoms. The molecule has 0 aromatic heterocycles. The summed E-state index contributed by atoms with van der Waals surface area (Å²) in [6, 6.07) is 0. The zero-order chi connectivity index (χ0) is 12.0. The fourth-order valence-corrected chi connectivity index (χ4v) is 2.11. The van der Waals surface area contributed by atoms with Crippen LogP contribution in [0.2, 0.25) is 0 Å². The minimum Gasteiger partial charge on any atom is -0.388 e. The first-order valence-corrected chi connectivity index (χ1v) is 5.57. The second-order valence-corrected chi connectivity index (χ2v) is 6.69. The SMILES string of the molecule is CC(C)(C)C1OC(C(C)(C)C)C(O)C1O. The summed E-state index contributed by atoms with van der Waals surface area (Å²) in [6.45, 7) is 12.1. The summed E-state index contributed by atoms with van der Waals surface area (Å²) in [6.07, 6.45) is -2.16. The first-order chi connectivity index (χ1) is 6.55. The molecular formula is C12H24O3. The Kier molecular flexibility index (Phi) is 3.21. The van der Waals surface area contributed by atoms with Crippen LogP contribution in [0.1, 0.15) is 41.5 Å². The topological polar surface area (TPSA) is 49.7 Å². The summed E-state index contributed by atoms with van der Waals surface area (Å²) in [4.78, 5) is 0. The lowest BCUT2D eigenvalue weighted by molar-refractivity contribution is -0.0833. The van der Waals surface area contributed by atoms with E-state index in [1.54, 1.807) is 0 Å². The molecular weight excluding hydrogens is 192 g/mol. The summed E-state index contributed by atoms with van der Waals surface area (Å²) >= 11 is 0. The smallest absolute Gasteiger partial charge is 0.109 e. The highest BCUT2D eigenvalue weighted by Gasteiger charge is 2.51. The molecule has 0 aromatic rings. The van der Waals surface area contributed by atoms with Gasteiger partial charge in [0.2, 0.25) is 0 Å². The van der Waals surface area contributed by atoms with Gasteiger partial charge in [-0.25, -0.2) is 0 Å². The predicted octanol–water partition coefficient (Wildman–Crippen LogP) is 1.57. The van der Waals surface area contributed by atoms with Crippen LogP contribution in [-0.2, 0) is 4.74 Å². The Bertz CT molecular complexity index is 200. The minimum atomic E-state index is -0.783. The van der Waals surface area contributed by atoms with Crippen LogP contribution in [0.25, 0.3) is 0 Å². The van der Waals surface area contributed by atoms with E-state index in [0.29, 0.717) is 0 Å². The van der Waals surface area contributed by atoms with Crippen LogP contribution in [0.3, 0.4) is 0 Å². The summed E-state index contributed by atoms with van der Waals surface area (Å²) in [5.41, 5.74) is -0.305. The second kappa shape index (κ2) is 3.72. The zero-order valence-electron chi connectivity index (χ0n) is 10.6. The number of hydrogen-bond donors (Lipinski definition) is 2. The molecule has 0 spiro atoms. The Morgan fingerprint density at radius 2 is 1.00 bits per heavy atom. The zero-order valence-corrected chi connectivity index (χ0v) is 10.6. The van der Waals surface area contributed by atoms with Gasteiger partial charge in [0.1, 0.15) is 12.2 Å². The van der Waals surface area contributed by atoms with Crippen LogP contribution in [-0.4, -0.2) is 34.6 Å². The van der Waals surface area contributed by atoms with Gasteiger partial charge in [-0.3, -0.25) is 0 Å². The molecule has 0 aliphatic carbocycles. The maximum atomic E-state index is 9.95. The van der Waals surface area contributed by atoms with Crippen molar-refractivity contribution in [1.29, 1.82) is 0 Å². The van der Waals surface area contributed by atoms with Gasteiger partial charge in [-0.2, -0.15) is 0 Å². The Morgan fingerprint density at radius 3 is 1.13 bits per heavy atom. The van der Waals surface area contributed by atoms with Crippen molar-refractivity contribution in [2.45, 2.75) is 66.0 Å². The molecule has 90 valence electrons. The second-order valence-electron chi connectivity index (χ2n) is 6.69. The van der Waals surface area contributed by atoms with Crippen LogP contribution in [0.4, 0.5) is 0 Å². The highest BCUT2D eigenvalue weighted by molar-refractivity contribution is 4.99. The normalized spacial score (nSPS) is 38.4. The van der Waals surface area contributed by atoms with Gasteiger partial charge >= 0.3 is 0 Å². The van der Waals surface area contributed by atoms with E-state index in [4.69, 9.17) is 4.74 Å². The highest BCUT2D eigenvalue weighted by atomic mass is 16.5. The first-order valence-electron chi connectivity index (χ1n) is 5.57. The molecule has 0 aromatic carbocycles. The molecule has 1 saturated heterocycles. The molecule has 3 heteroatoms. The largest absolute Gasteiger partial charge is 0.388 e. The van der Waals surface area contributed by atoms with Gasteiger partial charge in [0.25, 0.3) is 0 Å². The van der Waals surface area contributed by atoms with E-state index < -0.39 is 12.2 Å². The molecule has 0 bridgehead atoms. The van der Waals surface area contributed by atoms with Crippen LogP contribution in [0, 0.1) is 10.8 Å². The molecule has 2 N–H and O–H groups in total. The van der Waals surface area contributed by atoms with E-state index in [-0.39, 0.29) is 23.0 Å². The summed E-state index contributed by atoms with van der Waals surface area (Å²) in [7, 11) is 0. The van der Waals surface area contributed by atoms with Crippen molar-refractivity contribution < 1.29 is 14.9 Å². The summed E-state index contributed by atoms with van der Waals surface area (Å²) in [5, 5.41) is 19.9. The quantitative estimate of drug-likeness (QED) is 0.646. The Balaban J connectivity index is 2.86. The fraction of sp³-hybridized carbons (Fsp3) is 1.00. The number of rotatable bonds is 0. The number of hydrogen-bond acceptors (Lipinski definition) is 3. The third kappa shape index (κ3) is 2.52. The average Bonchev–Trinajstić information content (AvgIpc) is 2.26.